The van der Waals surface area contributed by atoms with Gasteiger partial charge in [-0.3, -0.25) is 19.2 Å². The maximum atomic E-state index is 13.8. The second-order valence-electron chi connectivity index (χ2n) is 11.3. The van der Waals surface area contributed by atoms with E-state index in [1.54, 1.807) is 24.3 Å². The molecule has 2 aromatic rings. The molecule has 0 bridgehead atoms. The third-order valence-electron chi connectivity index (χ3n) is 7.23. The maximum absolute atomic E-state index is 13.8. The molecule has 0 spiro atoms. The number of rotatable bonds is 9. The first-order chi connectivity index (χ1) is 18.0. The standard InChI is InChI=1S/C29H35N3O6/c1-28(2,3)15-23(26(36)31-22(24(34)16-33)14-17-12-13-30-25(17)35)32-27(37)29(38)20-10-6-4-8-18(20)19-9-5-7-11-21(19)29/h4-11,17,22-23,33,38H,12-16H2,1-3H3,(H,30,35)(H,31,36)(H,32,37)/t17-,22-,23+/m0/s1. The van der Waals surface area contributed by atoms with Gasteiger partial charge in [0.25, 0.3) is 5.91 Å². The highest BCUT2D eigenvalue weighted by Crippen LogP contribution is 2.47. The number of hydrogen-bond acceptors (Lipinski definition) is 6. The van der Waals surface area contributed by atoms with Crippen LogP contribution in [0.3, 0.4) is 0 Å². The number of carbonyl (C=O) groups excluding carboxylic acids is 4. The number of Topliss-reactive ketones (excluding diaryl/α,β-unsaturated/α-hetero) is 1. The van der Waals surface area contributed by atoms with E-state index in [-0.39, 0.29) is 18.7 Å². The lowest BCUT2D eigenvalue weighted by molar-refractivity contribution is -0.140. The zero-order valence-electron chi connectivity index (χ0n) is 21.9. The van der Waals surface area contributed by atoms with Gasteiger partial charge in [0.15, 0.2) is 11.4 Å². The molecule has 0 saturated carbocycles. The summed E-state index contributed by atoms with van der Waals surface area (Å²) in [5, 5.41) is 29.4. The largest absolute Gasteiger partial charge is 0.389 e. The number of carbonyl (C=O) groups is 4. The fraction of sp³-hybridized carbons (Fsp3) is 0.448. The maximum Gasteiger partial charge on any atom is 0.262 e. The average molecular weight is 522 g/mol. The molecule has 1 aliphatic heterocycles. The van der Waals surface area contributed by atoms with Gasteiger partial charge in [-0.15, -0.1) is 0 Å². The molecule has 1 saturated heterocycles. The second kappa shape index (κ2) is 10.7. The van der Waals surface area contributed by atoms with Gasteiger partial charge in [0.1, 0.15) is 12.6 Å². The van der Waals surface area contributed by atoms with Crippen molar-refractivity contribution >= 4 is 23.5 Å². The monoisotopic (exact) mass is 521 g/mol. The van der Waals surface area contributed by atoms with Gasteiger partial charge in [0.2, 0.25) is 11.8 Å². The van der Waals surface area contributed by atoms with Gasteiger partial charge < -0.3 is 26.2 Å². The van der Waals surface area contributed by atoms with Crippen LogP contribution in [0.4, 0.5) is 0 Å². The fourth-order valence-electron chi connectivity index (χ4n) is 5.35. The third kappa shape index (κ3) is 5.35. The van der Waals surface area contributed by atoms with Gasteiger partial charge in [0, 0.05) is 23.6 Å². The van der Waals surface area contributed by atoms with Crippen molar-refractivity contribution in [1.82, 2.24) is 16.0 Å². The van der Waals surface area contributed by atoms with E-state index in [2.05, 4.69) is 16.0 Å². The highest BCUT2D eigenvalue weighted by Gasteiger charge is 2.49. The van der Waals surface area contributed by atoms with Crippen LogP contribution in [0.2, 0.25) is 0 Å². The molecule has 38 heavy (non-hydrogen) atoms. The van der Waals surface area contributed by atoms with Crippen LogP contribution in [0.1, 0.15) is 51.2 Å². The van der Waals surface area contributed by atoms with E-state index in [0.29, 0.717) is 24.1 Å². The average Bonchev–Trinajstić information content (AvgIpc) is 3.41. The van der Waals surface area contributed by atoms with Crippen molar-refractivity contribution in [3.05, 3.63) is 59.7 Å². The number of amides is 3. The third-order valence-corrected chi connectivity index (χ3v) is 7.23. The quantitative estimate of drug-likeness (QED) is 0.337. The van der Waals surface area contributed by atoms with E-state index in [4.69, 9.17) is 0 Å². The lowest BCUT2D eigenvalue weighted by Crippen LogP contribution is -2.56. The zero-order valence-corrected chi connectivity index (χ0v) is 21.9. The zero-order chi connectivity index (χ0) is 27.7. The molecular weight excluding hydrogens is 486 g/mol. The van der Waals surface area contributed by atoms with Crippen LogP contribution in [-0.4, -0.2) is 59.0 Å². The van der Waals surface area contributed by atoms with Gasteiger partial charge in [-0.25, -0.2) is 0 Å². The topological polar surface area (TPSA) is 145 Å². The molecular formula is C29H35N3O6. The number of fused-ring (bicyclic) bond motifs is 3. The first kappa shape index (κ1) is 27.5. The van der Waals surface area contributed by atoms with Crippen molar-refractivity contribution in [2.24, 2.45) is 11.3 Å². The van der Waals surface area contributed by atoms with E-state index < -0.39 is 53.2 Å². The predicted octanol–water partition coefficient (Wildman–Crippen LogP) is 1.40. The highest BCUT2D eigenvalue weighted by molar-refractivity contribution is 6.01. The fourth-order valence-corrected chi connectivity index (χ4v) is 5.35. The Hall–Kier alpha value is -3.56. The Kier molecular flexibility index (Phi) is 7.71. The molecule has 1 heterocycles. The van der Waals surface area contributed by atoms with Crippen molar-refractivity contribution in [3.8, 4) is 11.1 Å². The summed E-state index contributed by atoms with van der Waals surface area (Å²) in [7, 11) is 0. The molecule has 9 nitrogen and oxygen atoms in total. The van der Waals surface area contributed by atoms with Gasteiger partial charge in [-0.05, 0) is 35.8 Å². The molecule has 0 unspecified atom stereocenters. The molecule has 3 amide bonds. The summed E-state index contributed by atoms with van der Waals surface area (Å²) in [4.78, 5) is 51.9. The first-order valence-electron chi connectivity index (χ1n) is 12.9. The summed E-state index contributed by atoms with van der Waals surface area (Å²) in [6.07, 6.45) is 0.795. The van der Waals surface area contributed by atoms with Gasteiger partial charge >= 0.3 is 0 Å². The molecule has 5 N–H and O–H groups in total. The van der Waals surface area contributed by atoms with Gasteiger partial charge in [-0.2, -0.15) is 0 Å². The number of aliphatic hydroxyl groups is 2. The van der Waals surface area contributed by atoms with Crippen molar-refractivity contribution in [2.75, 3.05) is 13.2 Å². The minimum absolute atomic E-state index is 0.0534. The first-order valence-corrected chi connectivity index (χ1v) is 12.9. The molecule has 1 aliphatic carbocycles. The molecule has 202 valence electrons. The molecule has 0 radical (unpaired) electrons. The lowest BCUT2D eigenvalue weighted by atomic mass is 9.86. The molecule has 4 rings (SSSR count). The molecule has 0 aromatic heterocycles. The van der Waals surface area contributed by atoms with E-state index >= 15 is 0 Å². The van der Waals surface area contributed by atoms with Crippen LogP contribution in [0.25, 0.3) is 11.1 Å². The predicted molar refractivity (Wildman–Crippen MR) is 141 cm³/mol. The minimum Gasteiger partial charge on any atom is -0.389 e. The Labute approximate surface area is 222 Å². The molecule has 2 aliphatic rings. The van der Waals surface area contributed by atoms with Crippen molar-refractivity contribution in [3.63, 3.8) is 0 Å². The van der Waals surface area contributed by atoms with Crippen LogP contribution in [-0.2, 0) is 24.8 Å². The van der Waals surface area contributed by atoms with E-state index in [1.807, 2.05) is 45.0 Å². The normalized spacial score (nSPS) is 19.1. The number of ketones is 1. The molecule has 2 aromatic carbocycles. The van der Waals surface area contributed by atoms with E-state index in [1.165, 1.54) is 0 Å². The summed E-state index contributed by atoms with van der Waals surface area (Å²) in [6, 6.07) is 12.0. The summed E-state index contributed by atoms with van der Waals surface area (Å²) >= 11 is 0. The molecule has 1 fully saturated rings. The Balaban J connectivity index is 1.61. The number of hydrogen-bond donors (Lipinski definition) is 5. The number of nitrogens with one attached hydrogen (secondary N) is 3. The SMILES string of the molecule is CC(C)(C)C[C@@H](NC(=O)C1(O)c2ccccc2-c2ccccc21)C(=O)N[C@@H](C[C@@H]1CCNC1=O)C(=O)CO. The van der Waals surface area contributed by atoms with E-state index in [9.17, 15) is 29.4 Å². The smallest absolute Gasteiger partial charge is 0.262 e. The van der Waals surface area contributed by atoms with Crippen LogP contribution in [0.15, 0.2) is 48.5 Å². The van der Waals surface area contributed by atoms with Crippen LogP contribution >= 0.6 is 0 Å². The molecule has 9 heteroatoms. The lowest BCUT2D eigenvalue weighted by Gasteiger charge is -2.31. The van der Waals surface area contributed by atoms with Gasteiger partial charge in [-0.1, -0.05) is 69.3 Å². The minimum atomic E-state index is -2.01. The van der Waals surface area contributed by atoms with E-state index in [0.717, 1.165) is 11.1 Å². The second-order valence-corrected chi connectivity index (χ2v) is 11.3. The number of benzene rings is 2. The Bertz CT molecular complexity index is 1210. The summed E-state index contributed by atoms with van der Waals surface area (Å²) in [5.74, 6) is -2.65. The van der Waals surface area contributed by atoms with Crippen LogP contribution in [0.5, 0.6) is 0 Å². The Morgan fingerprint density at radius 3 is 2.08 bits per heavy atom. The highest BCUT2D eigenvalue weighted by atomic mass is 16.3. The van der Waals surface area contributed by atoms with Crippen LogP contribution < -0.4 is 16.0 Å². The molecule has 3 atom stereocenters. The van der Waals surface area contributed by atoms with Crippen molar-refractivity contribution in [1.29, 1.82) is 0 Å². The summed E-state index contributed by atoms with van der Waals surface area (Å²) in [5.41, 5.74) is -0.0812. The van der Waals surface area contributed by atoms with Crippen molar-refractivity contribution < 1.29 is 29.4 Å². The Morgan fingerprint density at radius 1 is 1.00 bits per heavy atom. The number of aliphatic hydroxyl groups excluding tert-OH is 1. The summed E-state index contributed by atoms with van der Waals surface area (Å²) in [6.45, 7) is 5.43. The summed E-state index contributed by atoms with van der Waals surface area (Å²) < 4.78 is 0. The Morgan fingerprint density at radius 2 is 1.58 bits per heavy atom. The van der Waals surface area contributed by atoms with Crippen LogP contribution in [0, 0.1) is 11.3 Å². The van der Waals surface area contributed by atoms with Gasteiger partial charge in [0.05, 0.1) is 6.04 Å². The van der Waals surface area contributed by atoms with Crippen molar-refractivity contribution in [2.45, 2.75) is 57.7 Å².